The number of benzene rings is 2. The first kappa shape index (κ1) is 19.1. The summed E-state index contributed by atoms with van der Waals surface area (Å²) in [4.78, 5) is 10.3. The highest BCUT2D eigenvalue weighted by atomic mass is 35.5. The fourth-order valence-electron chi connectivity index (χ4n) is 2.24. The fourth-order valence-corrected chi connectivity index (χ4v) is 2.50. The number of hydrogen-bond donors (Lipinski definition) is 2. The van der Waals surface area contributed by atoms with Crippen molar-refractivity contribution in [2.24, 2.45) is 0 Å². The molecule has 0 radical (unpaired) electrons. The Morgan fingerprint density at radius 2 is 1.28 bits per heavy atom. The predicted molar refractivity (Wildman–Crippen MR) is 101 cm³/mol. The van der Waals surface area contributed by atoms with Gasteiger partial charge in [0.25, 0.3) is 6.20 Å². The van der Waals surface area contributed by atoms with Gasteiger partial charge in [0.1, 0.15) is 0 Å². The molecule has 0 atom stereocenters. The first-order valence-corrected chi connectivity index (χ1v) is 8.60. The SMILES string of the molecule is O=[N+]([O-])C=C(NCCc1ccc(Cl)cc1)NCCc1ccc(Cl)cc1. The van der Waals surface area contributed by atoms with E-state index in [-0.39, 0.29) is 0 Å². The third-order valence-electron chi connectivity index (χ3n) is 3.52. The number of hydrogen-bond acceptors (Lipinski definition) is 4. The number of nitro groups is 1. The highest BCUT2D eigenvalue weighted by Gasteiger charge is 2.03. The molecule has 0 aromatic heterocycles. The molecule has 0 bridgehead atoms. The number of nitrogens with one attached hydrogen (secondary N) is 2. The highest BCUT2D eigenvalue weighted by molar-refractivity contribution is 6.30. The first-order valence-electron chi connectivity index (χ1n) is 7.85. The molecule has 132 valence electrons. The van der Waals surface area contributed by atoms with E-state index in [0.29, 0.717) is 29.0 Å². The van der Waals surface area contributed by atoms with Crippen LogP contribution in [0.5, 0.6) is 0 Å². The summed E-state index contributed by atoms with van der Waals surface area (Å²) < 4.78 is 0. The van der Waals surface area contributed by atoms with Crippen molar-refractivity contribution in [1.82, 2.24) is 10.6 Å². The number of nitrogens with zero attached hydrogens (tertiary/aromatic N) is 1. The predicted octanol–water partition coefficient (Wildman–Crippen LogP) is 4.03. The van der Waals surface area contributed by atoms with Crippen LogP contribution >= 0.6 is 23.2 Å². The van der Waals surface area contributed by atoms with Gasteiger partial charge in [-0.3, -0.25) is 10.1 Å². The maximum atomic E-state index is 10.8. The van der Waals surface area contributed by atoms with Crippen LogP contribution in [0.25, 0.3) is 0 Å². The van der Waals surface area contributed by atoms with E-state index >= 15 is 0 Å². The fraction of sp³-hybridized carbons (Fsp3) is 0.222. The highest BCUT2D eigenvalue weighted by Crippen LogP contribution is 2.10. The molecule has 0 unspecified atom stereocenters. The molecule has 0 aliphatic heterocycles. The first-order chi connectivity index (χ1) is 12.0. The quantitative estimate of drug-likeness (QED) is 0.509. The molecule has 7 heteroatoms. The summed E-state index contributed by atoms with van der Waals surface area (Å²) >= 11 is 11.7. The van der Waals surface area contributed by atoms with E-state index in [1.165, 1.54) is 0 Å². The summed E-state index contributed by atoms with van der Waals surface area (Å²) in [5, 5.41) is 18.3. The van der Waals surface area contributed by atoms with Crippen molar-refractivity contribution in [2.45, 2.75) is 12.8 Å². The minimum Gasteiger partial charge on any atom is -0.366 e. The molecule has 2 aromatic carbocycles. The largest absolute Gasteiger partial charge is 0.366 e. The van der Waals surface area contributed by atoms with Crippen LogP contribution in [-0.4, -0.2) is 18.0 Å². The van der Waals surface area contributed by atoms with Gasteiger partial charge < -0.3 is 10.6 Å². The van der Waals surface area contributed by atoms with Crippen molar-refractivity contribution >= 4 is 23.2 Å². The van der Waals surface area contributed by atoms with E-state index in [0.717, 1.165) is 30.2 Å². The van der Waals surface area contributed by atoms with Gasteiger partial charge in [0, 0.05) is 23.1 Å². The smallest absolute Gasteiger partial charge is 0.274 e. The lowest BCUT2D eigenvalue weighted by Crippen LogP contribution is -2.30. The molecule has 2 rings (SSSR count). The van der Waals surface area contributed by atoms with Crippen molar-refractivity contribution in [1.29, 1.82) is 0 Å². The Morgan fingerprint density at radius 3 is 1.64 bits per heavy atom. The average Bonchev–Trinajstić information content (AvgIpc) is 2.58. The van der Waals surface area contributed by atoms with Gasteiger partial charge in [0.2, 0.25) is 0 Å². The molecule has 25 heavy (non-hydrogen) atoms. The van der Waals surface area contributed by atoms with Gasteiger partial charge in [-0.2, -0.15) is 0 Å². The molecule has 0 heterocycles. The molecule has 0 fully saturated rings. The molecule has 0 saturated heterocycles. The topological polar surface area (TPSA) is 67.2 Å². The van der Waals surface area contributed by atoms with Crippen LogP contribution in [0.15, 0.2) is 60.6 Å². The van der Waals surface area contributed by atoms with Crippen LogP contribution in [0.4, 0.5) is 0 Å². The van der Waals surface area contributed by atoms with Gasteiger partial charge in [0.15, 0.2) is 5.82 Å². The lowest BCUT2D eigenvalue weighted by molar-refractivity contribution is -0.404. The Kier molecular flexibility index (Phi) is 7.57. The van der Waals surface area contributed by atoms with Gasteiger partial charge in [-0.25, -0.2) is 0 Å². The second kappa shape index (κ2) is 9.91. The zero-order chi connectivity index (χ0) is 18.1. The Labute approximate surface area is 156 Å². The summed E-state index contributed by atoms with van der Waals surface area (Å²) in [5.74, 6) is 0.396. The van der Waals surface area contributed by atoms with Crippen LogP contribution in [0, 0.1) is 10.1 Å². The lowest BCUT2D eigenvalue weighted by atomic mass is 10.1. The van der Waals surface area contributed by atoms with Crippen LogP contribution in [0.2, 0.25) is 10.0 Å². The van der Waals surface area contributed by atoms with E-state index < -0.39 is 4.92 Å². The summed E-state index contributed by atoms with van der Waals surface area (Å²) in [6, 6.07) is 15.1. The summed E-state index contributed by atoms with van der Waals surface area (Å²) in [6.45, 7) is 1.16. The third-order valence-corrected chi connectivity index (χ3v) is 4.02. The molecule has 0 aliphatic rings. The van der Waals surface area contributed by atoms with Crippen LogP contribution < -0.4 is 10.6 Å². The van der Waals surface area contributed by atoms with Gasteiger partial charge >= 0.3 is 0 Å². The number of rotatable bonds is 9. The van der Waals surface area contributed by atoms with Crippen LogP contribution in [0.3, 0.4) is 0 Å². The monoisotopic (exact) mass is 379 g/mol. The molecule has 0 aliphatic carbocycles. The summed E-state index contributed by atoms with van der Waals surface area (Å²) in [7, 11) is 0. The second-order valence-corrected chi connectivity index (χ2v) is 6.31. The van der Waals surface area contributed by atoms with Gasteiger partial charge in [-0.1, -0.05) is 47.5 Å². The standard InChI is InChI=1S/C18H19Cl2N3O2/c19-16-5-1-14(2-6-16)9-11-21-18(13-23(24)25)22-12-10-15-3-7-17(20)8-4-15/h1-8,13,21-22H,9-12H2. The van der Waals surface area contributed by atoms with Gasteiger partial charge in [-0.05, 0) is 48.2 Å². The second-order valence-electron chi connectivity index (χ2n) is 5.43. The van der Waals surface area contributed by atoms with Crippen LogP contribution in [-0.2, 0) is 12.8 Å². The Bertz CT molecular complexity index is 663. The van der Waals surface area contributed by atoms with Crippen molar-refractivity contribution in [3.05, 3.63) is 91.8 Å². The zero-order valence-electron chi connectivity index (χ0n) is 13.5. The van der Waals surface area contributed by atoms with E-state index in [9.17, 15) is 10.1 Å². The Balaban J connectivity index is 1.80. The maximum absolute atomic E-state index is 10.8. The minimum atomic E-state index is -0.472. The third kappa shape index (κ3) is 7.45. The van der Waals surface area contributed by atoms with Crippen molar-refractivity contribution < 1.29 is 4.92 Å². The van der Waals surface area contributed by atoms with E-state index in [2.05, 4.69) is 10.6 Å². The normalized spacial score (nSPS) is 10.2. The molecule has 2 aromatic rings. The van der Waals surface area contributed by atoms with Crippen molar-refractivity contribution in [2.75, 3.05) is 13.1 Å². The maximum Gasteiger partial charge on any atom is 0.274 e. The molecule has 0 amide bonds. The Hall–Kier alpha value is -2.24. The number of halogens is 2. The van der Waals surface area contributed by atoms with E-state index in [1.807, 2.05) is 48.5 Å². The lowest BCUT2D eigenvalue weighted by Gasteiger charge is -2.11. The van der Waals surface area contributed by atoms with Crippen molar-refractivity contribution in [3.63, 3.8) is 0 Å². The average molecular weight is 380 g/mol. The summed E-state index contributed by atoms with van der Waals surface area (Å²) in [6.07, 6.45) is 2.43. The zero-order valence-corrected chi connectivity index (χ0v) is 15.1. The van der Waals surface area contributed by atoms with E-state index in [4.69, 9.17) is 23.2 Å². The van der Waals surface area contributed by atoms with Gasteiger partial charge in [0.05, 0.1) is 4.92 Å². The van der Waals surface area contributed by atoms with Gasteiger partial charge in [-0.15, -0.1) is 0 Å². The molecule has 0 saturated carbocycles. The minimum absolute atomic E-state index is 0.396. The molecule has 0 spiro atoms. The molecule has 2 N–H and O–H groups in total. The van der Waals surface area contributed by atoms with E-state index in [1.54, 1.807) is 0 Å². The van der Waals surface area contributed by atoms with Crippen LogP contribution in [0.1, 0.15) is 11.1 Å². The molecule has 5 nitrogen and oxygen atoms in total. The van der Waals surface area contributed by atoms with Crippen molar-refractivity contribution in [3.8, 4) is 0 Å². The molecular formula is C18H19Cl2N3O2. The molecular weight excluding hydrogens is 361 g/mol. The Morgan fingerprint density at radius 1 is 0.880 bits per heavy atom. The summed E-state index contributed by atoms with van der Waals surface area (Å²) in [5.41, 5.74) is 2.22.